The lowest BCUT2D eigenvalue weighted by Crippen LogP contribution is -2.47. The Bertz CT molecular complexity index is 1310. The van der Waals surface area contributed by atoms with Crippen LogP contribution in [-0.4, -0.2) is 57.4 Å². The molecule has 0 saturated carbocycles. The normalized spacial score (nSPS) is 14.1. The molecule has 1 aliphatic heterocycles. The van der Waals surface area contributed by atoms with E-state index in [0.29, 0.717) is 24.5 Å². The monoisotopic (exact) mass is 469 g/mol. The third-order valence-electron chi connectivity index (χ3n) is 6.35. The molecule has 0 bridgehead atoms. The minimum Gasteiger partial charge on any atom is -0.490 e. The Labute approximate surface area is 203 Å². The first kappa shape index (κ1) is 22.6. The van der Waals surface area contributed by atoms with Crippen LogP contribution in [0.2, 0.25) is 0 Å². The van der Waals surface area contributed by atoms with Crippen molar-refractivity contribution in [2.24, 2.45) is 0 Å². The van der Waals surface area contributed by atoms with Gasteiger partial charge in [0.15, 0.2) is 0 Å². The van der Waals surface area contributed by atoms with E-state index in [9.17, 15) is 9.59 Å². The fourth-order valence-electron chi connectivity index (χ4n) is 4.40. The molecule has 178 valence electrons. The van der Waals surface area contributed by atoms with Gasteiger partial charge in [-0.05, 0) is 48.9 Å². The van der Waals surface area contributed by atoms with Crippen molar-refractivity contribution in [3.05, 3.63) is 84.4 Å². The van der Waals surface area contributed by atoms with E-state index in [1.165, 1.54) is 4.90 Å². The molecule has 5 rings (SSSR count). The van der Waals surface area contributed by atoms with Crippen molar-refractivity contribution in [2.45, 2.75) is 25.9 Å². The fraction of sp³-hybridized carbons (Fsp3) is 0.259. The SMILES string of the molecule is Cc1c[nH]c2cc(C(=O)N(CC(=O)N3CCC(Oc4ccncc4)CC3)c3ccccn3)ccc12. The Balaban J connectivity index is 1.29. The number of amides is 2. The summed E-state index contributed by atoms with van der Waals surface area (Å²) in [6.45, 7) is 3.09. The maximum absolute atomic E-state index is 13.5. The second-order valence-electron chi connectivity index (χ2n) is 8.69. The summed E-state index contributed by atoms with van der Waals surface area (Å²) >= 11 is 0. The number of nitrogens with zero attached hydrogens (tertiary/aromatic N) is 4. The lowest BCUT2D eigenvalue weighted by atomic mass is 10.1. The number of carbonyl (C=O) groups excluding carboxylic acids is 2. The number of aromatic nitrogens is 3. The lowest BCUT2D eigenvalue weighted by Gasteiger charge is -2.33. The summed E-state index contributed by atoms with van der Waals surface area (Å²) in [4.78, 5) is 41.6. The molecule has 4 aromatic rings. The summed E-state index contributed by atoms with van der Waals surface area (Å²) in [5.41, 5.74) is 2.51. The van der Waals surface area contributed by atoms with Gasteiger partial charge < -0.3 is 14.6 Å². The van der Waals surface area contributed by atoms with Gasteiger partial charge in [-0.3, -0.25) is 19.5 Å². The van der Waals surface area contributed by atoms with Gasteiger partial charge in [0.25, 0.3) is 5.91 Å². The molecule has 8 nitrogen and oxygen atoms in total. The highest BCUT2D eigenvalue weighted by molar-refractivity contribution is 6.09. The van der Waals surface area contributed by atoms with Crippen LogP contribution in [0.5, 0.6) is 5.75 Å². The maximum Gasteiger partial charge on any atom is 0.259 e. The predicted molar refractivity (Wildman–Crippen MR) is 133 cm³/mol. The summed E-state index contributed by atoms with van der Waals surface area (Å²) in [5.74, 6) is 0.862. The number of hydrogen-bond donors (Lipinski definition) is 1. The molecule has 0 aliphatic carbocycles. The quantitative estimate of drug-likeness (QED) is 0.461. The van der Waals surface area contributed by atoms with Crippen LogP contribution in [0.3, 0.4) is 0 Å². The molecule has 3 aromatic heterocycles. The average molecular weight is 470 g/mol. The second kappa shape index (κ2) is 9.97. The summed E-state index contributed by atoms with van der Waals surface area (Å²) in [7, 11) is 0. The molecule has 8 heteroatoms. The number of fused-ring (bicyclic) bond motifs is 1. The number of nitrogens with one attached hydrogen (secondary N) is 1. The zero-order valence-corrected chi connectivity index (χ0v) is 19.6. The molecule has 1 aromatic carbocycles. The van der Waals surface area contributed by atoms with Gasteiger partial charge in [0, 0.05) is 67.2 Å². The minimum atomic E-state index is -0.262. The number of H-pyrrole nitrogens is 1. The van der Waals surface area contributed by atoms with E-state index >= 15 is 0 Å². The Morgan fingerprint density at radius 3 is 2.63 bits per heavy atom. The molecule has 1 N–H and O–H groups in total. The first-order valence-corrected chi connectivity index (χ1v) is 11.7. The Morgan fingerprint density at radius 2 is 1.89 bits per heavy atom. The highest BCUT2D eigenvalue weighted by Gasteiger charge is 2.28. The number of carbonyl (C=O) groups is 2. The van der Waals surface area contributed by atoms with Gasteiger partial charge in [-0.2, -0.15) is 0 Å². The van der Waals surface area contributed by atoms with Gasteiger partial charge in [-0.25, -0.2) is 4.98 Å². The first-order chi connectivity index (χ1) is 17.1. The molecule has 0 radical (unpaired) electrons. The van der Waals surface area contributed by atoms with E-state index in [-0.39, 0.29) is 24.5 Å². The number of aryl methyl sites for hydroxylation is 1. The van der Waals surface area contributed by atoms with Crippen LogP contribution in [-0.2, 0) is 4.79 Å². The topological polar surface area (TPSA) is 91.4 Å². The summed E-state index contributed by atoms with van der Waals surface area (Å²) in [6.07, 6.45) is 8.45. The first-order valence-electron chi connectivity index (χ1n) is 11.7. The van der Waals surface area contributed by atoms with Crippen LogP contribution in [0.1, 0.15) is 28.8 Å². The van der Waals surface area contributed by atoms with E-state index in [4.69, 9.17) is 4.74 Å². The lowest BCUT2D eigenvalue weighted by molar-refractivity contribution is -0.131. The Hall–Kier alpha value is -4.20. The third-order valence-corrected chi connectivity index (χ3v) is 6.35. The number of likely N-dealkylation sites (tertiary alicyclic amines) is 1. The van der Waals surface area contributed by atoms with Crippen molar-refractivity contribution in [1.82, 2.24) is 19.9 Å². The Kier molecular flexibility index (Phi) is 6.43. The van der Waals surface area contributed by atoms with Crippen molar-refractivity contribution in [3.8, 4) is 5.75 Å². The van der Waals surface area contributed by atoms with E-state index in [1.54, 1.807) is 41.7 Å². The standard InChI is InChI=1S/C27H27N5O3/c1-19-17-30-24-16-20(5-6-23(19)24)27(34)32(25-4-2-3-11-29-25)18-26(33)31-14-9-22(10-15-31)35-21-7-12-28-13-8-21/h2-8,11-13,16-17,22,30H,9-10,14-15,18H2,1H3. The van der Waals surface area contributed by atoms with Crippen molar-refractivity contribution < 1.29 is 14.3 Å². The van der Waals surface area contributed by atoms with Crippen molar-refractivity contribution >= 4 is 28.5 Å². The zero-order valence-electron chi connectivity index (χ0n) is 19.6. The number of piperidine rings is 1. The summed E-state index contributed by atoms with van der Waals surface area (Å²) in [5, 5.41) is 1.07. The number of rotatable bonds is 6. The van der Waals surface area contributed by atoms with E-state index in [2.05, 4.69) is 15.0 Å². The van der Waals surface area contributed by atoms with Crippen LogP contribution in [0, 0.1) is 6.92 Å². The second-order valence-corrected chi connectivity index (χ2v) is 8.69. The molecular weight excluding hydrogens is 442 g/mol. The predicted octanol–water partition coefficient (Wildman–Crippen LogP) is 3.98. The van der Waals surface area contributed by atoms with Gasteiger partial charge in [-0.1, -0.05) is 12.1 Å². The summed E-state index contributed by atoms with van der Waals surface area (Å²) < 4.78 is 6.01. The van der Waals surface area contributed by atoms with Gasteiger partial charge in [0.1, 0.15) is 24.2 Å². The number of pyridine rings is 2. The highest BCUT2D eigenvalue weighted by Crippen LogP contribution is 2.22. The van der Waals surface area contributed by atoms with Crippen molar-refractivity contribution in [3.63, 3.8) is 0 Å². The number of aromatic amines is 1. The van der Waals surface area contributed by atoms with Gasteiger partial charge in [0.05, 0.1) is 0 Å². The minimum absolute atomic E-state index is 0.0472. The van der Waals surface area contributed by atoms with Crippen LogP contribution < -0.4 is 9.64 Å². The molecule has 2 amide bonds. The van der Waals surface area contributed by atoms with E-state index in [0.717, 1.165) is 35.1 Å². The number of anilines is 1. The van der Waals surface area contributed by atoms with Crippen LogP contribution in [0.15, 0.2) is 73.3 Å². The Morgan fingerprint density at radius 1 is 1.09 bits per heavy atom. The van der Waals surface area contributed by atoms with Crippen LogP contribution in [0.25, 0.3) is 10.9 Å². The number of benzene rings is 1. The van der Waals surface area contributed by atoms with Crippen molar-refractivity contribution in [1.29, 1.82) is 0 Å². The average Bonchev–Trinajstić information content (AvgIpc) is 3.28. The van der Waals surface area contributed by atoms with Gasteiger partial charge in [-0.15, -0.1) is 0 Å². The summed E-state index contributed by atoms with van der Waals surface area (Å²) in [6, 6.07) is 14.6. The molecule has 0 atom stereocenters. The maximum atomic E-state index is 13.5. The number of hydrogen-bond acceptors (Lipinski definition) is 5. The molecule has 1 aliphatic rings. The molecule has 1 fully saturated rings. The molecule has 4 heterocycles. The largest absolute Gasteiger partial charge is 0.490 e. The molecule has 35 heavy (non-hydrogen) atoms. The van der Waals surface area contributed by atoms with E-state index in [1.807, 2.05) is 43.5 Å². The molecular formula is C27H27N5O3. The van der Waals surface area contributed by atoms with Gasteiger partial charge in [0.2, 0.25) is 5.91 Å². The number of ether oxygens (including phenoxy) is 1. The zero-order chi connectivity index (χ0) is 24.2. The molecule has 1 saturated heterocycles. The highest BCUT2D eigenvalue weighted by atomic mass is 16.5. The molecule has 0 spiro atoms. The van der Waals surface area contributed by atoms with E-state index < -0.39 is 0 Å². The van der Waals surface area contributed by atoms with Gasteiger partial charge >= 0.3 is 0 Å². The molecule has 0 unspecified atom stereocenters. The van der Waals surface area contributed by atoms with Crippen LogP contribution in [0.4, 0.5) is 5.82 Å². The van der Waals surface area contributed by atoms with Crippen LogP contribution >= 0.6 is 0 Å². The fourth-order valence-corrected chi connectivity index (χ4v) is 4.40. The van der Waals surface area contributed by atoms with Crippen molar-refractivity contribution in [2.75, 3.05) is 24.5 Å². The smallest absolute Gasteiger partial charge is 0.259 e. The third kappa shape index (κ3) is 5.01.